The predicted octanol–water partition coefficient (Wildman–Crippen LogP) is 3.30. The number of aromatic amines is 1. The highest BCUT2D eigenvalue weighted by atomic mass is 32.2. The van der Waals surface area contributed by atoms with Gasteiger partial charge in [0.1, 0.15) is 0 Å². The Kier molecular flexibility index (Phi) is 5.08. The molecule has 0 spiro atoms. The molecule has 0 radical (unpaired) electrons. The molecule has 1 aliphatic heterocycles. The third kappa shape index (κ3) is 3.87. The Balaban J connectivity index is 2.00. The average Bonchev–Trinajstić information content (AvgIpc) is 3.07. The largest absolute Gasteiger partial charge is 0.328 e. The number of benzene rings is 1. The number of hydrogen-bond acceptors (Lipinski definition) is 3. The number of Topliss-reactive ketones (excluding diaryl/α,β-unsaturated/α-hetero) is 1. The molecule has 27 heavy (non-hydrogen) atoms. The Morgan fingerprint density at radius 3 is 2.70 bits per heavy atom. The maximum Gasteiger partial charge on any atom is 0.255 e. The van der Waals surface area contributed by atoms with Gasteiger partial charge in [-0.25, -0.2) is 8.51 Å². The van der Waals surface area contributed by atoms with Gasteiger partial charge in [0.05, 0.1) is 15.7 Å². The van der Waals surface area contributed by atoms with Gasteiger partial charge in [-0.15, -0.1) is 0 Å². The van der Waals surface area contributed by atoms with Gasteiger partial charge in [-0.2, -0.15) is 0 Å². The Bertz CT molecular complexity index is 1050. The Morgan fingerprint density at radius 2 is 2.04 bits per heavy atom. The zero-order chi connectivity index (χ0) is 20.0. The number of aryl methyl sites for hydroxylation is 1. The fraction of sp³-hybridized carbons (Fsp3) is 0.476. The van der Waals surface area contributed by atoms with E-state index in [-0.39, 0.29) is 22.8 Å². The fourth-order valence-corrected chi connectivity index (χ4v) is 5.69. The minimum atomic E-state index is -2.85. The van der Waals surface area contributed by atoms with Crippen LogP contribution < -0.4 is 5.56 Å². The topological polar surface area (TPSA) is 70.2 Å². The van der Waals surface area contributed by atoms with Crippen LogP contribution in [0.1, 0.15) is 45.6 Å². The highest BCUT2D eigenvalue weighted by Crippen LogP contribution is 2.31. The number of rotatable bonds is 4. The van der Waals surface area contributed by atoms with Crippen molar-refractivity contribution in [3.8, 4) is 0 Å². The van der Waals surface area contributed by atoms with Crippen LogP contribution in [0.3, 0.4) is 0 Å². The summed E-state index contributed by atoms with van der Waals surface area (Å²) in [6, 6.07) is 4.89. The van der Waals surface area contributed by atoms with Crippen LogP contribution >= 0.6 is 0 Å². The van der Waals surface area contributed by atoms with E-state index in [2.05, 4.69) is 10.9 Å². The van der Waals surface area contributed by atoms with Gasteiger partial charge in [0, 0.05) is 29.4 Å². The van der Waals surface area contributed by atoms with Crippen molar-refractivity contribution in [3.05, 3.63) is 40.3 Å². The zero-order valence-corrected chi connectivity index (χ0v) is 17.3. The molecular weight excluding hydrogens is 360 g/mol. The van der Waals surface area contributed by atoms with Gasteiger partial charge in [-0.1, -0.05) is 26.8 Å². The fourth-order valence-electron chi connectivity index (χ4n) is 3.77. The second-order valence-electron chi connectivity index (χ2n) is 8.65. The summed E-state index contributed by atoms with van der Waals surface area (Å²) in [5, 5.41) is 1.33. The van der Waals surface area contributed by atoms with Crippen LogP contribution in [0.25, 0.3) is 10.8 Å². The molecule has 1 aliphatic rings. The lowest BCUT2D eigenvalue weighted by atomic mass is 9.87. The summed E-state index contributed by atoms with van der Waals surface area (Å²) in [7, 11) is -2.85. The number of carbonyl (C=O) groups excluding carboxylic acids is 1. The van der Waals surface area contributed by atoms with E-state index in [0.717, 1.165) is 17.4 Å². The molecule has 0 aliphatic carbocycles. The Labute approximate surface area is 160 Å². The first kappa shape index (κ1) is 19.8. The number of H-pyrrole nitrogens is 1. The number of aromatic nitrogens is 1. The zero-order valence-electron chi connectivity index (χ0n) is 16.5. The highest BCUT2D eigenvalue weighted by molar-refractivity contribution is 7.98. The smallest absolute Gasteiger partial charge is 0.255 e. The molecule has 1 unspecified atom stereocenters. The lowest BCUT2D eigenvalue weighted by molar-refractivity contribution is -0.123. The third-order valence-electron chi connectivity index (χ3n) is 5.11. The minimum Gasteiger partial charge on any atom is -0.328 e. The number of ketones is 1. The Morgan fingerprint density at radius 1 is 1.33 bits per heavy atom. The molecule has 1 aromatic heterocycles. The maximum absolute atomic E-state index is 13.7. The van der Waals surface area contributed by atoms with Crippen LogP contribution in [-0.4, -0.2) is 37.7 Å². The summed E-state index contributed by atoms with van der Waals surface area (Å²) in [5.74, 6) is 4.12. The van der Waals surface area contributed by atoms with Gasteiger partial charge in [-0.3, -0.25) is 9.59 Å². The molecule has 1 N–H and O–H groups in total. The minimum absolute atomic E-state index is 0.110. The first-order valence-electron chi connectivity index (χ1n) is 9.29. The molecule has 1 saturated heterocycles. The van der Waals surface area contributed by atoms with Gasteiger partial charge < -0.3 is 4.98 Å². The third-order valence-corrected chi connectivity index (χ3v) is 7.29. The molecule has 1 aromatic carbocycles. The van der Waals surface area contributed by atoms with Gasteiger partial charge in [-0.05, 0) is 54.1 Å². The van der Waals surface area contributed by atoms with Crippen molar-refractivity contribution in [2.45, 2.75) is 57.9 Å². The number of pyridine rings is 1. The van der Waals surface area contributed by atoms with Crippen LogP contribution in [0.15, 0.2) is 34.1 Å². The second-order valence-corrected chi connectivity index (χ2v) is 10.9. The SMILES string of the molecule is C=S(=O)(c1ccc2c(C)c[nH]c(=O)c2c1)N1CCC[C@@H]1C(=O)CC(C)(C)C. The van der Waals surface area contributed by atoms with Crippen molar-refractivity contribution < 1.29 is 9.00 Å². The summed E-state index contributed by atoms with van der Waals surface area (Å²) >= 11 is 0. The maximum atomic E-state index is 13.7. The molecule has 146 valence electrons. The lowest BCUT2D eigenvalue weighted by Crippen LogP contribution is -2.41. The number of fused-ring (bicyclic) bond motifs is 1. The summed E-state index contributed by atoms with van der Waals surface area (Å²) < 4.78 is 15.4. The van der Waals surface area contributed by atoms with E-state index in [9.17, 15) is 13.8 Å². The first-order chi connectivity index (χ1) is 12.5. The van der Waals surface area contributed by atoms with E-state index in [1.807, 2.05) is 33.8 Å². The summed E-state index contributed by atoms with van der Waals surface area (Å²) in [6.45, 7) is 8.59. The van der Waals surface area contributed by atoms with Crippen molar-refractivity contribution in [3.63, 3.8) is 0 Å². The van der Waals surface area contributed by atoms with E-state index in [1.165, 1.54) is 0 Å². The predicted molar refractivity (Wildman–Crippen MR) is 112 cm³/mol. The molecule has 2 heterocycles. The van der Waals surface area contributed by atoms with Crippen LogP contribution in [0.5, 0.6) is 0 Å². The quantitative estimate of drug-likeness (QED) is 0.817. The number of hydrogen-bond donors (Lipinski definition) is 1. The van der Waals surface area contributed by atoms with Gasteiger partial charge in [0.2, 0.25) is 0 Å². The standard InChI is InChI=1S/C21H28N2O3S/c1-14-13-22-20(25)17-11-15(8-9-16(14)17)27(5,26)23-10-6-7-18(23)19(24)12-21(2,3)4/h8-9,11,13,18H,5-7,10,12H2,1-4H3,(H,22,25)/t18-,27?/m1/s1. The highest BCUT2D eigenvalue weighted by Gasteiger charge is 2.37. The number of nitrogens with one attached hydrogen (secondary N) is 1. The monoisotopic (exact) mass is 388 g/mol. The summed E-state index contributed by atoms with van der Waals surface area (Å²) in [5.41, 5.74) is 0.627. The van der Waals surface area contributed by atoms with E-state index in [1.54, 1.807) is 22.6 Å². The molecule has 3 rings (SSSR count). The van der Waals surface area contributed by atoms with Gasteiger partial charge in [0.25, 0.3) is 5.56 Å². The van der Waals surface area contributed by atoms with Crippen LogP contribution in [-0.2, 0) is 14.5 Å². The van der Waals surface area contributed by atoms with E-state index in [0.29, 0.717) is 29.7 Å². The lowest BCUT2D eigenvalue weighted by Gasteiger charge is -2.29. The van der Waals surface area contributed by atoms with Crippen LogP contribution in [0.4, 0.5) is 0 Å². The van der Waals surface area contributed by atoms with E-state index in [4.69, 9.17) is 0 Å². The molecule has 2 atom stereocenters. The molecular formula is C21H28N2O3S. The molecule has 0 amide bonds. The number of nitrogens with zero attached hydrogens (tertiary/aromatic N) is 1. The molecule has 0 saturated carbocycles. The second kappa shape index (κ2) is 6.91. The molecule has 2 aromatic rings. The molecule has 6 heteroatoms. The summed E-state index contributed by atoms with van der Waals surface area (Å²) in [6.07, 6.45) is 3.64. The van der Waals surface area contributed by atoms with Gasteiger partial charge in [0.15, 0.2) is 5.78 Å². The average molecular weight is 389 g/mol. The van der Waals surface area contributed by atoms with E-state index >= 15 is 0 Å². The molecule has 5 nitrogen and oxygen atoms in total. The van der Waals surface area contributed by atoms with Crippen molar-refractivity contribution in [2.24, 2.45) is 5.41 Å². The molecule has 1 fully saturated rings. The van der Waals surface area contributed by atoms with Crippen LogP contribution in [0, 0.1) is 12.3 Å². The van der Waals surface area contributed by atoms with Crippen LogP contribution in [0.2, 0.25) is 0 Å². The van der Waals surface area contributed by atoms with E-state index < -0.39 is 9.71 Å². The van der Waals surface area contributed by atoms with Crippen molar-refractivity contribution in [2.75, 3.05) is 6.54 Å². The normalized spacial score (nSPS) is 20.7. The first-order valence-corrected chi connectivity index (χ1v) is 11.0. The Hall–Kier alpha value is -1.92. The van der Waals surface area contributed by atoms with Crippen molar-refractivity contribution >= 4 is 32.1 Å². The number of carbonyl (C=O) groups is 1. The van der Waals surface area contributed by atoms with Crippen molar-refractivity contribution in [1.29, 1.82) is 0 Å². The van der Waals surface area contributed by atoms with Crippen molar-refractivity contribution in [1.82, 2.24) is 9.29 Å². The molecule has 0 bridgehead atoms. The van der Waals surface area contributed by atoms with Gasteiger partial charge >= 0.3 is 0 Å². The summed E-state index contributed by atoms with van der Waals surface area (Å²) in [4.78, 5) is 28.2.